The minimum atomic E-state index is -4.81. The number of hydrogen-bond donors (Lipinski definition) is 2. The Morgan fingerprint density at radius 3 is 2.43 bits per heavy atom. The third kappa shape index (κ3) is 4.85. The Bertz CT molecular complexity index is 854. The molecule has 4 amide bonds. The fourth-order valence-electron chi connectivity index (χ4n) is 4.73. The summed E-state index contributed by atoms with van der Waals surface area (Å²) in [5, 5.41) is 5.25. The maximum Gasteiger partial charge on any atom is 0.573 e. The van der Waals surface area contributed by atoms with E-state index >= 15 is 0 Å². The smallest absolute Gasteiger partial charge is 0.406 e. The molecule has 1 heterocycles. The maximum atomic E-state index is 13.0. The summed E-state index contributed by atoms with van der Waals surface area (Å²) in [6, 6.07) is 3.96. The molecule has 0 aromatic heterocycles. The number of carbonyl (C=O) groups excluding carboxylic acids is 3. The van der Waals surface area contributed by atoms with Gasteiger partial charge in [-0.05, 0) is 54.9 Å². The molecule has 2 N–H and O–H groups in total. The molecule has 7 nitrogen and oxygen atoms in total. The lowest BCUT2D eigenvalue weighted by molar-refractivity contribution is -0.274. The molecule has 3 rings (SSSR count). The van der Waals surface area contributed by atoms with Gasteiger partial charge in [-0.1, -0.05) is 20.8 Å². The van der Waals surface area contributed by atoms with Crippen LogP contribution in [0.25, 0.3) is 0 Å². The van der Waals surface area contributed by atoms with Crippen LogP contribution in [0.3, 0.4) is 0 Å². The van der Waals surface area contributed by atoms with Crippen molar-refractivity contribution in [2.24, 2.45) is 11.3 Å². The zero-order valence-corrected chi connectivity index (χ0v) is 16.9. The SMILES string of the molecule is CC1CC(C)(C)CC2(C1)NC(=O)N(CC(=O)Nc1ccc(OC(F)(F)F)cc1)C2=O. The largest absolute Gasteiger partial charge is 0.573 e. The van der Waals surface area contributed by atoms with E-state index in [-0.39, 0.29) is 17.0 Å². The summed E-state index contributed by atoms with van der Waals surface area (Å²) >= 11 is 0. The van der Waals surface area contributed by atoms with E-state index in [9.17, 15) is 27.6 Å². The number of ether oxygens (including phenoxy) is 1. The number of halogens is 3. The zero-order valence-electron chi connectivity index (χ0n) is 16.9. The van der Waals surface area contributed by atoms with E-state index in [4.69, 9.17) is 0 Å². The average molecular weight is 427 g/mol. The molecule has 2 atom stereocenters. The van der Waals surface area contributed by atoms with E-state index in [2.05, 4.69) is 15.4 Å². The van der Waals surface area contributed by atoms with Crippen LogP contribution >= 0.6 is 0 Å². The van der Waals surface area contributed by atoms with Crippen molar-refractivity contribution >= 4 is 23.5 Å². The average Bonchev–Trinajstić information content (AvgIpc) is 2.77. The molecule has 1 aliphatic heterocycles. The van der Waals surface area contributed by atoms with Gasteiger partial charge in [0.05, 0.1) is 0 Å². The summed E-state index contributed by atoms with van der Waals surface area (Å²) in [5.74, 6) is -1.24. The molecule has 0 bridgehead atoms. The number of rotatable bonds is 4. The molecule has 2 fully saturated rings. The Balaban J connectivity index is 1.64. The number of imide groups is 1. The Labute approximate surface area is 171 Å². The number of alkyl halides is 3. The monoisotopic (exact) mass is 427 g/mol. The van der Waals surface area contributed by atoms with E-state index in [1.807, 2.05) is 20.8 Å². The maximum absolute atomic E-state index is 13.0. The number of carbonyl (C=O) groups is 3. The lowest BCUT2D eigenvalue weighted by atomic mass is 9.64. The van der Waals surface area contributed by atoms with Crippen LogP contribution in [0.1, 0.15) is 40.0 Å². The molecule has 2 unspecified atom stereocenters. The van der Waals surface area contributed by atoms with Crippen LogP contribution in [-0.4, -0.2) is 41.2 Å². The first kappa shape index (κ1) is 21.9. The normalized spacial score (nSPS) is 25.9. The first-order valence-corrected chi connectivity index (χ1v) is 9.58. The van der Waals surface area contributed by atoms with Crippen molar-refractivity contribution < 1.29 is 32.3 Å². The summed E-state index contributed by atoms with van der Waals surface area (Å²) in [6.45, 7) is 5.64. The molecular formula is C20H24F3N3O4. The molecule has 164 valence electrons. The molecule has 1 aliphatic carbocycles. The minimum absolute atomic E-state index is 0.126. The second-order valence-corrected chi connectivity index (χ2v) is 8.88. The predicted octanol–water partition coefficient (Wildman–Crippen LogP) is 3.66. The molecule has 1 saturated carbocycles. The number of benzene rings is 1. The van der Waals surface area contributed by atoms with E-state index < -0.39 is 42.0 Å². The van der Waals surface area contributed by atoms with Crippen molar-refractivity contribution in [3.63, 3.8) is 0 Å². The highest BCUT2D eigenvalue weighted by atomic mass is 19.4. The topological polar surface area (TPSA) is 87.7 Å². The minimum Gasteiger partial charge on any atom is -0.406 e. The Hall–Kier alpha value is -2.78. The molecule has 0 radical (unpaired) electrons. The van der Waals surface area contributed by atoms with Gasteiger partial charge in [-0.15, -0.1) is 13.2 Å². The van der Waals surface area contributed by atoms with Gasteiger partial charge in [-0.3, -0.25) is 14.5 Å². The molecular weight excluding hydrogens is 403 g/mol. The van der Waals surface area contributed by atoms with Crippen molar-refractivity contribution in [1.29, 1.82) is 0 Å². The van der Waals surface area contributed by atoms with Crippen molar-refractivity contribution in [3.8, 4) is 5.75 Å². The second kappa shape index (κ2) is 7.48. The number of nitrogens with zero attached hydrogens (tertiary/aromatic N) is 1. The number of amides is 4. The summed E-state index contributed by atoms with van der Waals surface area (Å²) in [4.78, 5) is 38.7. The Kier molecular flexibility index (Phi) is 5.46. The van der Waals surface area contributed by atoms with Crippen molar-refractivity contribution in [2.45, 2.75) is 51.9 Å². The molecule has 1 saturated heterocycles. The van der Waals surface area contributed by atoms with Gasteiger partial charge in [0.15, 0.2) is 0 Å². The van der Waals surface area contributed by atoms with Crippen LogP contribution in [0, 0.1) is 11.3 Å². The van der Waals surface area contributed by atoms with Crippen LogP contribution in [0.4, 0.5) is 23.7 Å². The predicted molar refractivity (Wildman–Crippen MR) is 102 cm³/mol. The first-order chi connectivity index (χ1) is 13.8. The van der Waals surface area contributed by atoms with E-state index in [1.165, 1.54) is 12.1 Å². The molecule has 1 aromatic rings. The Morgan fingerprint density at radius 1 is 1.23 bits per heavy atom. The first-order valence-electron chi connectivity index (χ1n) is 9.58. The number of anilines is 1. The van der Waals surface area contributed by atoms with Gasteiger partial charge in [-0.25, -0.2) is 4.79 Å². The van der Waals surface area contributed by atoms with Crippen molar-refractivity contribution in [3.05, 3.63) is 24.3 Å². The van der Waals surface area contributed by atoms with E-state index in [0.717, 1.165) is 23.5 Å². The standard InChI is InChI=1S/C20H24F3N3O4/c1-12-8-18(2,3)11-19(9-12)16(28)26(17(29)25-19)10-15(27)24-13-4-6-14(7-5-13)30-20(21,22)23/h4-7,12H,8-11H2,1-3H3,(H,24,27)(H,25,29). The summed E-state index contributed by atoms with van der Waals surface area (Å²) < 4.78 is 40.4. The quantitative estimate of drug-likeness (QED) is 0.718. The lowest BCUT2D eigenvalue weighted by Crippen LogP contribution is -2.54. The third-order valence-corrected chi connectivity index (χ3v) is 5.30. The lowest BCUT2D eigenvalue weighted by Gasteiger charge is -2.43. The van der Waals surface area contributed by atoms with Crippen LogP contribution in [0.15, 0.2) is 24.3 Å². The summed E-state index contributed by atoms with van der Waals surface area (Å²) in [5.41, 5.74) is -0.919. The number of nitrogens with one attached hydrogen (secondary N) is 2. The second-order valence-electron chi connectivity index (χ2n) is 8.88. The van der Waals surface area contributed by atoms with Crippen molar-refractivity contribution in [1.82, 2.24) is 10.2 Å². The number of hydrogen-bond acceptors (Lipinski definition) is 4. The summed E-state index contributed by atoms with van der Waals surface area (Å²) in [7, 11) is 0. The van der Waals surface area contributed by atoms with Crippen LogP contribution in [-0.2, 0) is 9.59 Å². The van der Waals surface area contributed by atoms with Gasteiger partial charge in [0, 0.05) is 5.69 Å². The molecule has 1 spiro atoms. The zero-order chi connectivity index (χ0) is 22.3. The van der Waals surface area contributed by atoms with Gasteiger partial charge in [0.25, 0.3) is 5.91 Å². The van der Waals surface area contributed by atoms with Crippen LogP contribution in [0.5, 0.6) is 5.75 Å². The third-order valence-electron chi connectivity index (χ3n) is 5.30. The van der Waals surface area contributed by atoms with Gasteiger partial charge >= 0.3 is 12.4 Å². The Morgan fingerprint density at radius 2 is 1.87 bits per heavy atom. The number of urea groups is 1. The summed E-state index contributed by atoms with van der Waals surface area (Å²) in [6.07, 6.45) is -2.87. The van der Waals surface area contributed by atoms with Gasteiger partial charge in [0.2, 0.25) is 5.91 Å². The highest BCUT2D eigenvalue weighted by Gasteiger charge is 2.56. The molecule has 30 heavy (non-hydrogen) atoms. The van der Waals surface area contributed by atoms with Crippen molar-refractivity contribution in [2.75, 3.05) is 11.9 Å². The molecule has 10 heteroatoms. The highest BCUT2D eigenvalue weighted by Crippen LogP contribution is 2.46. The van der Waals surface area contributed by atoms with Crippen LogP contribution < -0.4 is 15.4 Å². The highest BCUT2D eigenvalue weighted by molar-refractivity contribution is 6.10. The van der Waals surface area contributed by atoms with Crippen LogP contribution in [0.2, 0.25) is 0 Å². The molecule has 2 aliphatic rings. The fourth-order valence-corrected chi connectivity index (χ4v) is 4.73. The van der Waals surface area contributed by atoms with Gasteiger partial charge in [-0.2, -0.15) is 0 Å². The molecule has 1 aromatic carbocycles. The van der Waals surface area contributed by atoms with E-state index in [1.54, 1.807) is 0 Å². The van der Waals surface area contributed by atoms with Gasteiger partial charge < -0.3 is 15.4 Å². The van der Waals surface area contributed by atoms with Gasteiger partial charge in [0.1, 0.15) is 17.8 Å². The van der Waals surface area contributed by atoms with E-state index in [0.29, 0.717) is 12.8 Å². The fraction of sp³-hybridized carbons (Fsp3) is 0.550.